The van der Waals surface area contributed by atoms with Gasteiger partial charge in [-0.2, -0.15) is 0 Å². The fraction of sp³-hybridized carbons (Fsp3) is 0.591. The van der Waals surface area contributed by atoms with Crippen LogP contribution in [0.25, 0.3) is 0 Å². The quantitative estimate of drug-likeness (QED) is 0.310. The summed E-state index contributed by atoms with van der Waals surface area (Å²) in [6, 6.07) is 8.79. The van der Waals surface area contributed by atoms with Gasteiger partial charge >= 0.3 is 0 Å². The predicted octanol–water partition coefficient (Wildman–Crippen LogP) is 5.56. The van der Waals surface area contributed by atoms with Gasteiger partial charge in [0.2, 0.25) is 0 Å². The molecule has 1 N–H and O–H groups in total. The van der Waals surface area contributed by atoms with Gasteiger partial charge in [-0.3, -0.25) is 4.99 Å². The van der Waals surface area contributed by atoms with Crippen molar-refractivity contribution in [3.05, 3.63) is 35.4 Å². The second kappa shape index (κ2) is 16.9. The first kappa shape index (κ1) is 24.5. The van der Waals surface area contributed by atoms with Crippen LogP contribution in [0.3, 0.4) is 0 Å². The minimum atomic E-state index is 0.191. The summed E-state index contributed by atoms with van der Waals surface area (Å²) in [5.74, 6) is 0. The molecule has 0 saturated carbocycles. The molecule has 0 amide bonds. The standard InChI is InChI=1S/C19H29NO.C3H6ClN/c1-4-7-8-9-19(21-6-3)14-15-20-16-18-12-10-17(5-2)11-13-18;1-3(4)5-2/h3,10-13,19-20H,4-5,7-9,14-16H2,1-2H3;1-2H3. The summed E-state index contributed by atoms with van der Waals surface area (Å²) in [6.07, 6.45) is 14.6. The molecule has 1 atom stereocenters. The number of hydrogen-bond donors (Lipinski definition) is 1. The maximum absolute atomic E-state index is 5.36. The second-order valence-corrected chi connectivity index (χ2v) is 6.76. The number of halogens is 1. The van der Waals surface area contributed by atoms with E-state index in [1.54, 1.807) is 14.0 Å². The third-order valence-corrected chi connectivity index (χ3v) is 4.24. The SMILES string of the molecule is C#COC(CCCCC)CCNCc1ccc(CC)cc1.CN=C(C)Cl. The molecular formula is C22H35ClN2O. The molecule has 1 aromatic rings. The van der Waals surface area contributed by atoms with Crippen molar-refractivity contribution < 1.29 is 4.74 Å². The molecule has 1 aromatic carbocycles. The van der Waals surface area contributed by atoms with Crippen molar-refractivity contribution in [2.45, 2.75) is 71.9 Å². The molecule has 146 valence electrons. The molecule has 0 heterocycles. The van der Waals surface area contributed by atoms with Crippen LogP contribution in [0.15, 0.2) is 29.3 Å². The molecule has 1 unspecified atom stereocenters. The maximum atomic E-state index is 5.36. The van der Waals surface area contributed by atoms with Gasteiger partial charge in [-0.05, 0) is 50.3 Å². The monoisotopic (exact) mass is 378 g/mol. The second-order valence-electron chi connectivity index (χ2n) is 6.21. The molecule has 0 spiro atoms. The third-order valence-electron chi connectivity index (χ3n) is 4.08. The summed E-state index contributed by atoms with van der Waals surface area (Å²) in [5.41, 5.74) is 2.71. The molecule has 0 fully saturated rings. The van der Waals surface area contributed by atoms with Crippen LogP contribution in [0, 0.1) is 12.5 Å². The first-order chi connectivity index (χ1) is 12.6. The van der Waals surface area contributed by atoms with Gasteiger partial charge in [0, 0.05) is 13.6 Å². The molecule has 0 aliphatic rings. The normalized spacial score (nSPS) is 11.9. The summed E-state index contributed by atoms with van der Waals surface area (Å²) in [7, 11) is 1.66. The van der Waals surface area contributed by atoms with Crippen LogP contribution >= 0.6 is 11.6 Å². The van der Waals surface area contributed by atoms with E-state index in [-0.39, 0.29) is 6.10 Å². The van der Waals surface area contributed by atoms with E-state index in [2.05, 4.69) is 54.5 Å². The lowest BCUT2D eigenvalue weighted by molar-refractivity contribution is 0.144. The van der Waals surface area contributed by atoms with Crippen molar-refractivity contribution in [3.8, 4) is 12.5 Å². The average molecular weight is 379 g/mol. The smallest absolute Gasteiger partial charge is 0.112 e. The fourth-order valence-electron chi connectivity index (χ4n) is 2.37. The van der Waals surface area contributed by atoms with Crippen molar-refractivity contribution in [1.82, 2.24) is 5.32 Å². The number of nitrogens with zero attached hydrogens (tertiary/aromatic N) is 1. The van der Waals surface area contributed by atoms with E-state index in [0.29, 0.717) is 5.17 Å². The minimum absolute atomic E-state index is 0.191. The summed E-state index contributed by atoms with van der Waals surface area (Å²) >= 11 is 5.21. The Morgan fingerprint density at radius 1 is 1.19 bits per heavy atom. The molecule has 3 nitrogen and oxygen atoms in total. The highest BCUT2D eigenvalue weighted by molar-refractivity contribution is 6.64. The van der Waals surface area contributed by atoms with Crippen LogP contribution in [0.5, 0.6) is 0 Å². The number of terminal acetylenes is 1. The van der Waals surface area contributed by atoms with Crippen molar-refractivity contribution in [1.29, 1.82) is 0 Å². The Hall–Kier alpha value is -1.50. The number of hydrogen-bond acceptors (Lipinski definition) is 3. The Balaban J connectivity index is 0.00000110. The Kier molecular flexibility index (Phi) is 16.0. The number of nitrogens with one attached hydrogen (secondary N) is 1. The van der Waals surface area contributed by atoms with Gasteiger partial charge in [0.25, 0.3) is 0 Å². The van der Waals surface area contributed by atoms with Crippen LogP contribution in [-0.4, -0.2) is 24.9 Å². The largest absolute Gasteiger partial charge is 0.443 e. The van der Waals surface area contributed by atoms with E-state index < -0.39 is 0 Å². The zero-order valence-electron chi connectivity index (χ0n) is 16.9. The predicted molar refractivity (Wildman–Crippen MR) is 115 cm³/mol. The zero-order valence-corrected chi connectivity index (χ0v) is 17.6. The number of aryl methyl sites for hydroxylation is 1. The van der Waals surface area contributed by atoms with Crippen LogP contribution in [0.4, 0.5) is 0 Å². The van der Waals surface area contributed by atoms with Crippen LogP contribution in [-0.2, 0) is 17.7 Å². The summed E-state index contributed by atoms with van der Waals surface area (Å²) in [4.78, 5) is 3.57. The molecule has 26 heavy (non-hydrogen) atoms. The molecule has 0 radical (unpaired) electrons. The summed E-state index contributed by atoms with van der Waals surface area (Å²) in [5, 5.41) is 4.07. The van der Waals surface area contributed by atoms with Crippen LogP contribution in [0.2, 0.25) is 0 Å². The minimum Gasteiger partial charge on any atom is -0.443 e. The topological polar surface area (TPSA) is 33.6 Å². The average Bonchev–Trinajstić information content (AvgIpc) is 2.66. The lowest BCUT2D eigenvalue weighted by Crippen LogP contribution is -2.21. The molecule has 0 bridgehead atoms. The number of aliphatic imine (C=N–C) groups is 1. The molecule has 1 rings (SSSR count). The zero-order chi connectivity index (χ0) is 19.6. The number of unbranched alkanes of at least 4 members (excludes halogenated alkanes) is 2. The van der Waals surface area contributed by atoms with Gasteiger partial charge in [-0.15, -0.1) is 0 Å². The van der Waals surface area contributed by atoms with Gasteiger partial charge in [0.05, 0.1) is 5.17 Å². The Morgan fingerprint density at radius 3 is 2.31 bits per heavy atom. The highest BCUT2D eigenvalue weighted by Gasteiger charge is 2.08. The van der Waals surface area contributed by atoms with Crippen molar-refractivity contribution >= 4 is 16.8 Å². The first-order valence-corrected chi connectivity index (χ1v) is 9.93. The van der Waals surface area contributed by atoms with Crippen molar-refractivity contribution in [3.63, 3.8) is 0 Å². The summed E-state index contributed by atoms with van der Waals surface area (Å²) in [6.45, 7) is 7.97. The van der Waals surface area contributed by atoms with Crippen molar-refractivity contribution in [2.24, 2.45) is 4.99 Å². The fourth-order valence-corrected chi connectivity index (χ4v) is 2.37. The Morgan fingerprint density at radius 2 is 1.81 bits per heavy atom. The van der Waals surface area contributed by atoms with E-state index in [4.69, 9.17) is 22.8 Å². The third kappa shape index (κ3) is 13.8. The first-order valence-electron chi connectivity index (χ1n) is 9.55. The molecule has 4 heteroatoms. The van der Waals surface area contributed by atoms with E-state index >= 15 is 0 Å². The molecule has 0 saturated heterocycles. The number of benzene rings is 1. The Bertz CT molecular complexity index is 516. The van der Waals surface area contributed by atoms with E-state index in [9.17, 15) is 0 Å². The van der Waals surface area contributed by atoms with Gasteiger partial charge in [-0.1, -0.05) is 69.0 Å². The van der Waals surface area contributed by atoms with Gasteiger partial charge in [0.1, 0.15) is 12.2 Å². The van der Waals surface area contributed by atoms with Gasteiger partial charge in [-0.25, -0.2) is 0 Å². The van der Waals surface area contributed by atoms with Crippen molar-refractivity contribution in [2.75, 3.05) is 13.6 Å². The van der Waals surface area contributed by atoms with E-state index in [1.165, 1.54) is 30.4 Å². The lowest BCUT2D eigenvalue weighted by atomic mass is 10.1. The van der Waals surface area contributed by atoms with E-state index in [0.717, 1.165) is 32.4 Å². The molecule has 0 aliphatic carbocycles. The molecule has 0 aromatic heterocycles. The van der Waals surface area contributed by atoms with Crippen LogP contribution < -0.4 is 5.32 Å². The highest BCUT2D eigenvalue weighted by atomic mass is 35.5. The van der Waals surface area contributed by atoms with Crippen LogP contribution in [0.1, 0.15) is 64.0 Å². The lowest BCUT2D eigenvalue weighted by Gasteiger charge is -2.15. The molecule has 0 aliphatic heterocycles. The maximum Gasteiger partial charge on any atom is 0.112 e. The number of rotatable bonds is 11. The Labute approximate surface area is 165 Å². The number of ether oxygens (including phenoxy) is 1. The summed E-state index contributed by atoms with van der Waals surface area (Å²) < 4.78 is 5.36. The van der Waals surface area contributed by atoms with Gasteiger partial charge in [0.15, 0.2) is 0 Å². The van der Waals surface area contributed by atoms with Gasteiger partial charge < -0.3 is 10.1 Å². The van der Waals surface area contributed by atoms with E-state index in [1.807, 2.05) is 0 Å². The molecular weight excluding hydrogens is 344 g/mol. The highest BCUT2D eigenvalue weighted by Crippen LogP contribution is 2.10.